The summed E-state index contributed by atoms with van der Waals surface area (Å²) in [5.41, 5.74) is 1.98. The summed E-state index contributed by atoms with van der Waals surface area (Å²) in [5, 5.41) is 14.5. The number of thiophene rings is 1. The average Bonchev–Trinajstić information content (AvgIpc) is 3.49. The molecule has 40 heavy (non-hydrogen) atoms. The Labute approximate surface area is 239 Å². The number of aliphatic hydroxyl groups is 1. The number of carbonyl (C=O) groups is 2. The summed E-state index contributed by atoms with van der Waals surface area (Å²) in [7, 11) is -2.20. The van der Waals surface area contributed by atoms with Gasteiger partial charge in [-0.15, -0.1) is 11.3 Å². The third-order valence-corrected chi connectivity index (χ3v) is 10.2. The highest BCUT2D eigenvalue weighted by atomic mass is 32.2. The van der Waals surface area contributed by atoms with Crippen LogP contribution in [0.1, 0.15) is 25.0 Å². The fraction of sp³-hybridized carbons (Fsp3) is 0.379. The lowest BCUT2D eigenvalue weighted by atomic mass is 10.0. The van der Waals surface area contributed by atoms with Crippen LogP contribution >= 0.6 is 11.3 Å². The Morgan fingerprint density at radius 3 is 2.62 bits per heavy atom. The first kappa shape index (κ1) is 29.7. The molecule has 2 heterocycles. The second-order valence-electron chi connectivity index (χ2n) is 10.1. The lowest BCUT2D eigenvalue weighted by Gasteiger charge is -2.33. The number of anilines is 1. The van der Waals surface area contributed by atoms with Gasteiger partial charge in [0.2, 0.25) is 11.8 Å². The van der Waals surface area contributed by atoms with Crippen molar-refractivity contribution >= 4 is 38.9 Å². The van der Waals surface area contributed by atoms with Crippen LogP contribution in [0.15, 0.2) is 70.3 Å². The lowest BCUT2D eigenvalue weighted by molar-refractivity contribution is -0.134. The molecule has 11 heteroatoms. The number of rotatable bonds is 9. The zero-order valence-corrected chi connectivity index (χ0v) is 24.5. The molecule has 3 aromatic rings. The van der Waals surface area contributed by atoms with Crippen LogP contribution in [-0.4, -0.2) is 73.4 Å². The normalized spacial score (nSPS) is 18.7. The van der Waals surface area contributed by atoms with Crippen LogP contribution in [0.2, 0.25) is 0 Å². The van der Waals surface area contributed by atoms with Gasteiger partial charge in [0, 0.05) is 30.8 Å². The van der Waals surface area contributed by atoms with E-state index >= 15 is 0 Å². The van der Waals surface area contributed by atoms with E-state index in [1.54, 1.807) is 47.5 Å². The van der Waals surface area contributed by atoms with E-state index in [2.05, 4.69) is 5.32 Å². The van der Waals surface area contributed by atoms with Gasteiger partial charge in [0.1, 0.15) is 16.1 Å². The van der Waals surface area contributed by atoms with Crippen molar-refractivity contribution in [3.05, 3.63) is 77.2 Å². The number of carbonyl (C=O) groups excluding carboxylic acids is 2. The summed E-state index contributed by atoms with van der Waals surface area (Å²) in [6, 6.07) is 17.4. The molecule has 2 amide bonds. The number of aliphatic hydroxyl groups excluding tert-OH is 1. The van der Waals surface area contributed by atoms with Gasteiger partial charge in [0.25, 0.3) is 10.0 Å². The molecule has 0 spiro atoms. The minimum absolute atomic E-state index is 0.00480. The molecule has 0 fully saturated rings. The minimum Gasteiger partial charge on any atom is -0.488 e. The van der Waals surface area contributed by atoms with Crippen LogP contribution in [0.4, 0.5) is 5.69 Å². The molecule has 214 valence electrons. The Morgan fingerprint density at radius 1 is 1.20 bits per heavy atom. The van der Waals surface area contributed by atoms with Gasteiger partial charge in [-0.05, 0) is 42.1 Å². The number of sulfonamides is 1. The van der Waals surface area contributed by atoms with Crippen molar-refractivity contribution in [2.24, 2.45) is 5.92 Å². The van der Waals surface area contributed by atoms with E-state index in [1.807, 2.05) is 37.3 Å². The zero-order valence-electron chi connectivity index (χ0n) is 22.8. The number of hydrogen-bond donors (Lipinski definition) is 2. The SMILES string of the molecule is C[C@H]1CN([C@@H](C)CO)C(=O)Cc2cc(NC(=O)Cc3ccccc3)ccc2O[C@H]1CN(C)S(=O)(=O)c1cccs1. The first-order valence-corrected chi connectivity index (χ1v) is 15.4. The standard InChI is InChI=1S/C29H35N3O6S2/c1-20-17-32(21(2)19-33)28(35)16-23-15-24(30-27(34)14-22-8-5-4-6-9-22)11-12-25(23)38-26(20)18-31(3)40(36,37)29-10-7-13-39-29/h4-13,15,20-21,26,33H,14,16-19H2,1-3H3,(H,30,34)/t20-,21-,26-/m0/s1. The van der Waals surface area contributed by atoms with E-state index in [1.165, 1.54) is 11.4 Å². The van der Waals surface area contributed by atoms with Gasteiger partial charge in [-0.3, -0.25) is 9.59 Å². The van der Waals surface area contributed by atoms with Crippen molar-refractivity contribution in [3.8, 4) is 5.75 Å². The molecular formula is C29H35N3O6S2. The number of ether oxygens (including phenoxy) is 1. The number of nitrogens with zero attached hydrogens (tertiary/aromatic N) is 2. The zero-order chi connectivity index (χ0) is 28.9. The molecule has 0 unspecified atom stereocenters. The van der Waals surface area contributed by atoms with Gasteiger partial charge >= 0.3 is 0 Å². The first-order chi connectivity index (χ1) is 19.1. The van der Waals surface area contributed by atoms with Crippen LogP contribution in [0.5, 0.6) is 5.75 Å². The number of likely N-dealkylation sites (N-methyl/N-ethyl adjacent to an activating group) is 1. The van der Waals surface area contributed by atoms with Crippen LogP contribution in [0.25, 0.3) is 0 Å². The van der Waals surface area contributed by atoms with Crippen LogP contribution in [0, 0.1) is 5.92 Å². The number of benzene rings is 2. The summed E-state index contributed by atoms with van der Waals surface area (Å²) < 4.78 is 34.2. The quantitative estimate of drug-likeness (QED) is 0.398. The van der Waals surface area contributed by atoms with E-state index in [0.29, 0.717) is 17.0 Å². The van der Waals surface area contributed by atoms with Crippen LogP contribution < -0.4 is 10.1 Å². The second kappa shape index (κ2) is 12.9. The molecule has 2 aromatic carbocycles. The smallest absolute Gasteiger partial charge is 0.252 e. The molecule has 3 atom stereocenters. The summed E-state index contributed by atoms with van der Waals surface area (Å²) in [6.07, 6.45) is -0.374. The molecule has 2 N–H and O–H groups in total. The first-order valence-electron chi connectivity index (χ1n) is 13.1. The highest BCUT2D eigenvalue weighted by molar-refractivity contribution is 7.91. The van der Waals surface area contributed by atoms with Crippen LogP contribution in [0.3, 0.4) is 0 Å². The van der Waals surface area contributed by atoms with Gasteiger partial charge in [0.05, 0.1) is 32.0 Å². The summed E-state index contributed by atoms with van der Waals surface area (Å²) in [5.74, 6) is -0.183. The van der Waals surface area contributed by atoms with Gasteiger partial charge in [-0.25, -0.2) is 8.42 Å². The van der Waals surface area contributed by atoms with Crippen molar-refractivity contribution in [2.75, 3.05) is 32.1 Å². The lowest BCUT2D eigenvalue weighted by Crippen LogP contribution is -2.48. The van der Waals surface area contributed by atoms with Crippen molar-refractivity contribution in [1.82, 2.24) is 9.21 Å². The fourth-order valence-electron chi connectivity index (χ4n) is 4.63. The summed E-state index contributed by atoms with van der Waals surface area (Å²) in [6.45, 7) is 3.81. The Kier molecular flexibility index (Phi) is 9.62. The Bertz CT molecular complexity index is 1410. The van der Waals surface area contributed by atoms with Gasteiger partial charge in [0.15, 0.2) is 0 Å². The van der Waals surface area contributed by atoms with Crippen molar-refractivity contribution in [1.29, 1.82) is 0 Å². The van der Waals surface area contributed by atoms with Crippen molar-refractivity contribution in [3.63, 3.8) is 0 Å². The van der Waals surface area contributed by atoms with Gasteiger partial charge < -0.3 is 20.1 Å². The largest absolute Gasteiger partial charge is 0.488 e. The molecule has 0 saturated heterocycles. The maximum absolute atomic E-state index is 13.4. The molecule has 4 rings (SSSR count). The highest BCUT2D eigenvalue weighted by Gasteiger charge is 2.33. The monoisotopic (exact) mass is 585 g/mol. The Morgan fingerprint density at radius 2 is 1.95 bits per heavy atom. The van der Waals surface area contributed by atoms with E-state index in [-0.39, 0.29) is 54.5 Å². The van der Waals surface area contributed by atoms with Crippen LogP contribution in [-0.2, 0) is 32.5 Å². The third-order valence-electron chi connectivity index (χ3n) is 7.00. The number of hydrogen-bond acceptors (Lipinski definition) is 7. The molecule has 0 radical (unpaired) electrons. The van der Waals surface area contributed by atoms with Crippen molar-refractivity contribution < 1.29 is 27.9 Å². The van der Waals surface area contributed by atoms with E-state index in [9.17, 15) is 23.1 Å². The minimum atomic E-state index is -3.71. The predicted octanol–water partition coefficient (Wildman–Crippen LogP) is 3.40. The molecule has 1 aliphatic heterocycles. The maximum Gasteiger partial charge on any atom is 0.252 e. The second-order valence-corrected chi connectivity index (χ2v) is 13.4. The summed E-state index contributed by atoms with van der Waals surface area (Å²) >= 11 is 1.15. The van der Waals surface area contributed by atoms with E-state index in [0.717, 1.165) is 16.9 Å². The molecule has 9 nitrogen and oxygen atoms in total. The molecular weight excluding hydrogens is 550 g/mol. The number of nitrogens with one attached hydrogen (secondary N) is 1. The molecule has 0 aliphatic carbocycles. The Balaban J connectivity index is 1.61. The predicted molar refractivity (Wildman–Crippen MR) is 155 cm³/mol. The van der Waals surface area contributed by atoms with E-state index < -0.39 is 22.2 Å². The molecule has 0 saturated carbocycles. The number of amides is 2. The average molecular weight is 586 g/mol. The molecule has 1 aromatic heterocycles. The number of fused-ring (bicyclic) bond motifs is 1. The fourth-order valence-corrected chi connectivity index (χ4v) is 7.01. The maximum atomic E-state index is 13.4. The van der Waals surface area contributed by atoms with Gasteiger partial charge in [-0.2, -0.15) is 4.31 Å². The van der Waals surface area contributed by atoms with Gasteiger partial charge in [-0.1, -0.05) is 43.3 Å². The summed E-state index contributed by atoms with van der Waals surface area (Å²) in [4.78, 5) is 27.7. The highest BCUT2D eigenvalue weighted by Crippen LogP contribution is 2.30. The molecule has 0 bridgehead atoms. The van der Waals surface area contributed by atoms with Crippen molar-refractivity contribution in [2.45, 2.75) is 43.0 Å². The molecule has 1 aliphatic rings. The Hall–Kier alpha value is -3.25. The third kappa shape index (κ3) is 7.08. The topological polar surface area (TPSA) is 116 Å². The van der Waals surface area contributed by atoms with E-state index in [4.69, 9.17) is 4.74 Å².